The Morgan fingerprint density at radius 1 is 0.739 bits per heavy atom. The smallest absolute Gasteiger partial charge is 0.229 e. The maximum absolute atomic E-state index is 11.2. The van der Waals surface area contributed by atoms with Gasteiger partial charge in [-0.25, -0.2) is 16.8 Å². The largest absolute Gasteiger partial charge is 0.457 e. The van der Waals surface area contributed by atoms with E-state index in [4.69, 9.17) is 4.74 Å². The highest BCUT2D eigenvalue weighted by molar-refractivity contribution is 7.92. The Hall–Kier alpha value is -2.26. The summed E-state index contributed by atoms with van der Waals surface area (Å²) in [6.07, 6.45) is 2.11. The Bertz CT molecular complexity index is 833. The van der Waals surface area contributed by atoms with Crippen LogP contribution in [0, 0.1) is 0 Å². The third-order valence-electron chi connectivity index (χ3n) is 2.51. The zero-order valence-corrected chi connectivity index (χ0v) is 14.1. The van der Waals surface area contributed by atoms with Crippen LogP contribution >= 0.6 is 0 Å². The summed E-state index contributed by atoms with van der Waals surface area (Å²) in [5.41, 5.74) is 0.742. The molecule has 2 rings (SSSR count). The van der Waals surface area contributed by atoms with Crippen LogP contribution < -0.4 is 14.2 Å². The molecule has 23 heavy (non-hydrogen) atoms. The van der Waals surface area contributed by atoms with E-state index < -0.39 is 20.0 Å². The van der Waals surface area contributed by atoms with Crippen molar-refractivity contribution in [3.8, 4) is 11.5 Å². The molecule has 2 aromatic carbocycles. The molecule has 0 radical (unpaired) electrons. The first-order valence-corrected chi connectivity index (χ1v) is 10.2. The highest BCUT2D eigenvalue weighted by atomic mass is 32.2. The van der Waals surface area contributed by atoms with E-state index in [2.05, 4.69) is 9.44 Å². The van der Waals surface area contributed by atoms with E-state index in [1.165, 1.54) is 12.1 Å². The van der Waals surface area contributed by atoms with Gasteiger partial charge >= 0.3 is 0 Å². The van der Waals surface area contributed by atoms with Gasteiger partial charge in [0.1, 0.15) is 11.5 Å². The second kappa shape index (κ2) is 6.47. The van der Waals surface area contributed by atoms with Crippen LogP contribution in [-0.4, -0.2) is 29.3 Å². The molecular weight excluding hydrogens is 340 g/mol. The highest BCUT2D eigenvalue weighted by Gasteiger charge is 2.06. The van der Waals surface area contributed by atoms with Gasteiger partial charge in [-0.15, -0.1) is 0 Å². The molecule has 0 aliphatic rings. The number of sulfonamides is 2. The van der Waals surface area contributed by atoms with Crippen molar-refractivity contribution in [2.75, 3.05) is 22.0 Å². The third kappa shape index (κ3) is 6.17. The van der Waals surface area contributed by atoms with Gasteiger partial charge in [-0.3, -0.25) is 9.44 Å². The SMILES string of the molecule is CS(=O)(=O)Nc1cccc(Oc2cccc(NS(C)(=O)=O)c2)c1. The van der Waals surface area contributed by atoms with Crippen LogP contribution in [0.4, 0.5) is 11.4 Å². The van der Waals surface area contributed by atoms with E-state index in [0.717, 1.165) is 12.5 Å². The van der Waals surface area contributed by atoms with Gasteiger partial charge in [0.25, 0.3) is 0 Å². The van der Waals surface area contributed by atoms with Crippen molar-refractivity contribution in [1.82, 2.24) is 0 Å². The van der Waals surface area contributed by atoms with E-state index in [0.29, 0.717) is 22.9 Å². The van der Waals surface area contributed by atoms with Crippen LogP contribution in [0.25, 0.3) is 0 Å². The fourth-order valence-corrected chi connectivity index (χ4v) is 2.92. The average molecular weight is 356 g/mol. The molecule has 7 nitrogen and oxygen atoms in total. The number of ether oxygens (including phenoxy) is 1. The first-order valence-electron chi connectivity index (χ1n) is 6.44. The monoisotopic (exact) mass is 356 g/mol. The average Bonchev–Trinajstić information content (AvgIpc) is 2.35. The molecule has 0 heterocycles. The second-order valence-corrected chi connectivity index (χ2v) is 8.40. The standard InChI is InChI=1S/C14H16N2O5S2/c1-22(17,18)15-11-5-3-7-13(9-11)21-14-8-4-6-12(10-14)16-23(2,19)20/h3-10,15-16H,1-2H3. The number of nitrogens with one attached hydrogen (secondary N) is 2. The van der Waals surface area contributed by atoms with Crippen LogP contribution in [0.1, 0.15) is 0 Å². The molecule has 0 aliphatic heterocycles. The summed E-state index contributed by atoms with van der Waals surface area (Å²) in [5.74, 6) is 0.824. The summed E-state index contributed by atoms with van der Waals surface area (Å²) < 4.78 is 55.2. The minimum absolute atomic E-state index is 0.371. The van der Waals surface area contributed by atoms with Crippen LogP contribution in [0.2, 0.25) is 0 Å². The van der Waals surface area contributed by atoms with Crippen molar-refractivity contribution >= 4 is 31.4 Å². The van der Waals surface area contributed by atoms with Crippen molar-refractivity contribution < 1.29 is 21.6 Å². The number of anilines is 2. The van der Waals surface area contributed by atoms with Crippen LogP contribution in [0.5, 0.6) is 11.5 Å². The third-order valence-corrected chi connectivity index (χ3v) is 3.72. The molecule has 0 atom stereocenters. The van der Waals surface area contributed by atoms with E-state index in [-0.39, 0.29) is 0 Å². The van der Waals surface area contributed by atoms with Gasteiger partial charge in [-0.1, -0.05) is 12.1 Å². The predicted molar refractivity (Wildman–Crippen MR) is 89.9 cm³/mol. The Balaban J connectivity index is 2.19. The summed E-state index contributed by atoms with van der Waals surface area (Å²) in [6, 6.07) is 12.8. The van der Waals surface area contributed by atoms with Gasteiger partial charge in [0.2, 0.25) is 20.0 Å². The van der Waals surface area contributed by atoms with Gasteiger partial charge in [-0.05, 0) is 24.3 Å². The summed E-state index contributed by atoms with van der Waals surface area (Å²) >= 11 is 0. The minimum atomic E-state index is -3.38. The highest BCUT2D eigenvalue weighted by Crippen LogP contribution is 2.26. The first kappa shape index (κ1) is 17.1. The Morgan fingerprint density at radius 3 is 1.48 bits per heavy atom. The molecule has 0 aliphatic carbocycles. The first-order chi connectivity index (χ1) is 10.6. The fraction of sp³-hybridized carbons (Fsp3) is 0.143. The molecule has 2 N–H and O–H groups in total. The number of hydrogen-bond acceptors (Lipinski definition) is 5. The Kier molecular flexibility index (Phi) is 4.81. The lowest BCUT2D eigenvalue weighted by Crippen LogP contribution is -2.09. The van der Waals surface area contributed by atoms with E-state index in [1.54, 1.807) is 36.4 Å². The molecule has 0 unspecified atom stereocenters. The van der Waals surface area contributed by atoms with Gasteiger partial charge in [0, 0.05) is 12.1 Å². The van der Waals surface area contributed by atoms with Crippen molar-refractivity contribution in [1.29, 1.82) is 0 Å². The topological polar surface area (TPSA) is 102 Å². The maximum atomic E-state index is 11.2. The van der Waals surface area contributed by atoms with Crippen LogP contribution in [-0.2, 0) is 20.0 Å². The Morgan fingerprint density at radius 2 is 1.13 bits per heavy atom. The van der Waals surface area contributed by atoms with E-state index >= 15 is 0 Å². The summed E-state index contributed by atoms with van der Waals surface area (Å²) in [4.78, 5) is 0. The lowest BCUT2D eigenvalue weighted by molar-refractivity contribution is 0.483. The molecule has 0 bridgehead atoms. The van der Waals surface area contributed by atoms with Crippen LogP contribution in [0.15, 0.2) is 48.5 Å². The number of benzene rings is 2. The summed E-state index contributed by atoms with van der Waals surface area (Å²) in [6.45, 7) is 0. The zero-order valence-electron chi connectivity index (χ0n) is 12.5. The maximum Gasteiger partial charge on any atom is 0.229 e. The van der Waals surface area contributed by atoms with Gasteiger partial charge in [0.15, 0.2) is 0 Å². The molecule has 124 valence electrons. The summed E-state index contributed by atoms with van der Waals surface area (Å²) in [5, 5.41) is 0. The van der Waals surface area contributed by atoms with E-state index in [9.17, 15) is 16.8 Å². The lowest BCUT2D eigenvalue weighted by atomic mass is 10.3. The molecule has 0 amide bonds. The normalized spacial score (nSPS) is 11.7. The van der Waals surface area contributed by atoms with Gasteiger partial charge in [-0.2, -0.15) is 0 Å². The van der Waals surface area contributed by atoms with Crippen molar-refractivity contribution in [3.05, 3.63) is 48.5 Å². The fourth-order valence-electron chi connectivity index (χ4n) is 1.81. The molecule has 0 saturated carbocycles. The summed E-state index contributed by atoms with van der Waals surface area (Å²) in [7, 11) is -6.75. The minimum Gasteiger partial charge on any atom is -0.457 e. The Labute approximate surface area is 135 Å². The molecule has 0 fully saturated rings. The molecule has 0 spiro atoms. The molecule has 0 aromatic heterocycles. The van der Waals surface area contributed by atoms with Gasteiger partial charge < -0.3 is 4.74 Å². The molecule has 0 saturated heterocycles. The van der Waals surface area contributed by atoms with Crippen molar-refractivity contribution in [2.45, 2.75) is 0 Å². The second-order valence-electron chi connectivity index (χ2n) is 4.91. The number of hydrogen-bond donors (Lipinski definition) is 2. The zero-order chi connectivity index (χ0) is 17.1. The quantitative estimate of drug-likeness (QED) is 0.826. The lowest BCUT2D eigenvalue weighted by Gasteiger charge is -2.10. The van der Waals surface area contributed by atoms with Gasteiger partial charge in [0.05, 0.1) is 23.9 Å². The molecular formula is C14H16N2O5S2. The number of rotatable bonds is 6. The molecule has 9 heteroatoms. The predicted octanol–water partition coefficient (Wildman–Crippen LogP) is 2.22. The van der Waals surface area contributed by atoms with Crippen molar-refractivity contribution in [3.63, 3.8) is 0 Å². The van der Waals surface area contributed by atoms with E-state index in [1.807, 2.05) is 0 Å². The molecule has 2 aromatic rings. The van der Waals surface area contributed by atoms with Crippen LogP contribution in [0.3, 0.4) is 0 Å². The van der Waals surface area contributed by atoms with Crippen molar-refractivity contribution in [2.24, 2.45) is 0 Å².